The number of pyridine rings is 1. The Morgan fingerprint density at radius 2 is 2.31 bits per heavy atom. The van der Waals surface area contributed by atoms with Gasteiger partial charge in [-0.3, -0.25) is 0 Å². The van der Waals surface area contributed by atoms with Crippen molar-refractivity contribution in [2.75, 3.05) is 31.4 Å². The molecule has 86 valence electrons. The topological polar surface area (TPSA) is 75.2 Å². The number of likely N-dealkylation sites (N-methyl/N-ethyl adjacent to an activating group) is 1. The van der Waals surface area contributed by atoms with Gasteiger partial charge in [-0.25, -0.2) is 4.98 Å². The summed E-state index contributed by atoms with van der Waals surface area (Å²) in [6.45, 7) is 2.62. The van der Waals surface area contributed by atoms with E-state index in [1.54, 1.807) is 19.2 Å². The summed E-state index contributed by atoms with van der Waals surface area (Å²) in [5.41, 5.74) is 6.27. The maximum atomic E-state index is 8.83. The van der Waals surface area contributed by atoms with Crippen LogP contribution in [0.2, 0.25) is 0 Å². The van der Waals surface area contributed by atoms with Crippen LogP contribution >= 0.6 is 0 Å². The number of hydrogen-bond donors (Lipinski definition) is 1. The average molecular weight is 220 g/mol. The van der Waals surface area contributed by atoms with Crippen LogP contribution in [-0.2, 0) is 4.74 Å². The van der Waals surface area contributed by atoms with Crippen molar-refractivity contribution in [1.29, 1.82) is 5.26 Å². The Bertz CT molecular complexity index is 399. The lowest BCUT2D eigenvalue weighted by molar-refractivity contribution is 0.183. The summed E-state index contributed by atoms with van der Waals surface area (Å²) in [6, 6.07) is 5.64. The van der Waals surface area contributed by atoms with Crippen molar-refractivity contribution in [1.82, 2.24) is 4.98 Å². The summed E-state index contributed by atoms with van der Waals surface area (Å²) in [6.07, 6.45) is 0. The Morgan fingerprint density at radius 3 is 2.88 bits per heavy atom. The Morgan fingerprint density at radius 1 is 1.62 bits per heavy atom. The van der Waals surface area contributed by atoms with Gasteiger partial charge in [0.2, 0.25) is 0 Å². The second-order valence-electron chi connectivity index (χ2n) is 3.63. The largest absolute Gasteiger partial charge is 0.396 e. The van der Waals surface area contributed by atoms with Crippen LogP contribution in [-0.4, -0.2) is 31.8 Å². The van der Waals surface area contributed by atoms with Crippen molar-refractivity contribution in [3.05, 3.63) is 17.8 Å². The van der Waals surface area contributed by atoms with Gasteiger partial charge in [-0.05, 0) is 19.1 Å². The summed E-state index contributed by atoms with van der Waals surface area (Å²) < 4.78 is 5.07. The van der Waals surface area contributed by atoms with Gasteiger partial charge < -0.3 is 15.4 Å². The van der Waals surface area contributed by atoms with E-state index in [0.29, 0.717) is 12.3 Å². The number of anilines is 2. The van der Waals surface area contributed by atoms with Crippen molar-refractivity contribution in [2.24, 2.45) is 0 Å². The van der Waals surface area contributed by atoms with E-state index < -0.39 is 0 Å². The molecule has 0 aliphatic heterocycles. The van der Waals surface area contributed by atoms with Crippen LogP contribution in [0.15, 0.2) is 12.1 Å². The Balaban J connectivity index is 2.92. The molecule has 1 unspecified atom stereocenters. The number of rotatable bonds is 4. The zero-order valence-electron chi connectivity index (χ0n) is 9.77. The molecule has 1 aromatic heterocycles. The summed E-state index contributed by atoms with van der Waals surface area (Å²) in [7, 11) is 3.56. The first-order valence-electron chi connectivity index (χ1n) is 4.98. The minimum absolute atomic E-state index is 0.188. The number of aromatic nitrogens is 1. The first-order chi connectivity index (χ1) is 7.60. The molecule has 1 atom stereocenters. The summed E-state index contributed by atoms with van der Waals surface area (Å²) in [4.78, 5) is 6.13. The highest BCUT2D eigenvalue weighted by atomic mass is 16.5. The van der Waals surface area contributed by atoms with E-state index in [2.05, 4.69) is 4.98 Å². The van der Waals surface area contributed by atoms with Crippen molar-refractivity contribution < 1.29 is 4.74 Å². The highest BCUT2D eigenvalue weighted by Gasteiger charge is 2.12. The number of nitrogen functional groups attached to an aromatic ring is 1. The molecule has 0 fully saturated rings. The third-order valence-electron chi connectivity index (χ3n) is 2.45. The molecule has 5 nitrogen and oxygen atoms in total. The van der Waals surface area contributed by atoms with E-state index in [9.17, 15) is 0 Å². The fourth-order valence-corrected chi connectivity index (χ4v) is 1.32. The predicted molar refractivity (Wildman–Crippen MR) is 63.1 cm³/mol. The van der Waals surface area contributed by atoms with Crippen LogP contribution in [0.4, 0.5) is 11.5 Å². The first-order valence-corrected chi connectivity index (χ1v) is 4.98. The number of methoxy groups -OCH3 is 1. The van der Waals surface area contributed by atoms with Gasteiger partial charge in [-0.2, -0.15) is 5.26 Å². The second-order valence-corrected chi connectivity index (χ2v) is 3.63. The molecule has 0 amide bonds. The zero-order valence-corrected chi connectivity index (χ0v) is 9.77. The summed E-state index contributed by atoms with van der Waals surface area (Å²) >= 11 is 0. The quantitative estimate of drug-likeness (QED) is 0.819. The number of ether oxygens (including phenoxy) is 1. The molecular formula is C11H16N4O. The van der Waals surface area contributed by atoms with Crippen LogP contribution in [0.25, 0.3) is 0 Å². The van der Waals surface area contributed by atoms with E-state index in [1.165, 1.54) is 0 Å². The Labute approximate surface area is 95.4 Å². The summed E-state index contributed by atoms with van der Waals surface area (Å²) in [5.74, 6) is 0.718. The molecule has 0 aliphatic rings. The standard InChI is InChI=1S/C11H16N4O/c1-8(7-16-3)15(2)11-5-4-9(13)10(6-12)14-11/h4-5,8H,7,13H2,1-3H3. The molecule has 0 aliphatic carbocycles. The van der Waals surface area contributed by atoms with Crippen LogP contribution in [0.5, 0.6) is 0 Å². The normalized spacial score (nSPS) is 11.9. The molecular weight excluding hydrogens is 204 g/mol. The van der Waals surface area contributed by atoms with E-state index in [0.717, 1.165) is 5.82 Å². The van der Waals surface area contributed by atoms with Gasteiger partial charge in [-0.1, -0.05) is 0 Å². The molecule has 1 rings (SSSR count). The molecule has 0 spiro atoms. The van der Waals surface area contributed by atoms with E-state index in [4.69, 9.17) is 15.7 Å². The van der Waals surface area contributed by atoms with Gasteiger partial charge >= 0.3 is 0 Å². The van der Waals surface area contributed by atoms with Gasteiger partial charge in [-0.15, -0.1) is 0 Å². The molecule has 5 heteroatoms. The molecule has 0 bridgehead atoms. The van der Waals surface area contributed by atoms with E-state index in [1.807, 2.05) is 24.9 Å². The fraction of sp³-hybridized carbons (Fsp3) is 0.455. The van der Waals surface area contributed by atoms with Crippen molar-refractivity contribution in [2.45, 2.75) is 13.0 Å². The number of nitrogens with zero attached hydrogens (tertiary/aromatic N) is 3. The van der Waals surface area contributed by atoms with Crippen LogP contribution in [0.3, 0.4) is 0 Å². The Hall–Kier alpha value is -1.80. The van der Waals surface area contributed by atoms with Crippen LogP contribution < -0.4 is 10.6 Å². The monoisotopic (exact) mass is 220 g/mol. The minimum atomic E-state index is 0.188. The lowest BCUT2D eigenvalue weighted by Crippen LogP contribution is -2.33. The third-order valence-corrected chi connectivity index (χ3v) is 2.45. The second kappa shape index (κ2) is 5.33. The highest BCUT2D eigenvalue weighted by Crippen LogP contribution is 2.16. The molecule has 1 aromatic rings. The van der Waals surface area contributed by atoms with E-state index >= 15 is 0 Å². The molecule has 0 saturated heterocycles. The maximum absolute atomic E-state index is 8.83. The van der Waals surface area contributed by atoms with Gasteiger partial charge in [0, 0.05) is 14.2 Å². The minimum Gasteiger partial charge on any atom is -0.396 e. The smallest absolute Gasteiger partial charge is 0.165 e. The lowest BCUT2D eigenvalue weighted by Gasteiger charge is -2.25. The number of hydrogen-bond acceptors (Lipinski definition) is 5. The van der Waals surface area contributed by atoms with Gasteiger partial charge in [0.1, 0.15) is 11.9 Å². The third kappa shape index (κ3) is 2.61. The molecule has 16 heavy (non-hydrogen) atoms. The molecule has 0 saturated carbocycles. The summed E-state index contributed by atoms with van der Waals surface area (Å²) in [5, 5.41) is 8.83. The van der Waals surface area contributed by atoms with Gasteiger partial charge in [0.15, 0.2) is 5.69 Å². The SMILES string of the molecule is COCC(C)N(C)c1ccc(N)c(C#N)n1. The van der Waals surface area contributed by atoms with Gasteiger partial charge in [0.25, 0.3) is 0 Å². The van der Waals surface area contributed by atoms with E-state index in [-0.39, 0.29) is 11.7 Å². The molecule has 2 N–H and O–H groups in total. The maximum Gasteiger partial charge on any atom is 0.165 e. The Kier molecular flexibility index (Phi) is 4.09. The van der Waals surface area contributed by atoms with Crippen molar-refractivity contribution in [3.8, 4) is 6.07 Å². The average Bonchev–Trinajstić information content (AvgIpc) is 2.29. The fourth-order valence-electron chi connectivity index (χ4n) is 1.32. The zero-order chi connectivity index (χ0) is 12.1. The molecule has 0 radical (unpaired) electrons. The molecule has 1 heterocycles. The lowest BCUT2D eigenvalue weighted by atomic mass is 10.2. The first kappa shape index (κ1) is 12.3. The number of nitriles is 1. The predicted octanol–water partition coefficient (Wildman–Crippen LogP) is 1.01. The molecule has 0 aromatic carbocycles. The van der Waals surface area contributed by atoms with Gasteiger partial charge in [0.05, 0.1) is 18.3 Å². The highest BCUT2D eigenvalue weighted by molar-refractivity contribution is 5.55. The van der Waals surface area contributed by atoms with Crippen LogP contribution in [0, 0.1) is 11.3 Å². The van der Waals surface area contributed by atoms with Crippen molar-refractivity contribution >= 4 is 11.5 Å². The number of nitrogens with two attached hydrogens (primary N) is 1. The van der Waals surface area contributed by atoms with Crippen molar-refractivity contribution in [3.63, 3.8) is 0 Å². The van der Waals surface area contributed by atoms with Crippen LogP contribution in [0.1, 0.15) is 12.6 Å².